The minimum Gasteiger partial charge on any atom is -0.391 e. The molecule has 1 aliphatic heterocycles. The Morgan fingerprint density at radius 1 is 1.35 bits per heavy atom. The summed E-state index contributed by atoms with van der Waals surface area (Å²) in [6, 6.07) is 0.105. The number of β-amino-alcohol motifs (C(OH)–C–C–N with tert-alkyl or cyclic N) is 1. The Bertz CT molecular complexity index is 348. The quantitative estimate of drug-likeness (QED) is 0.780. The third kappa shape index (κ3) is 3.51. The average Bonchev–Trinajstić information content (AvgIpc) is 2.71. The topological polar surface area (TPSA) is 69.8 Å². The molecule has 2 rings (SSSR count). The predicted molar refractivity (Wildman–Crippen MR) is 79.2 cm³/mol. The van der Waals surface area contributed by atoms with Crippen LogP contribution in [0.2, 0.25) is 0 Å². The van der Waals surface area contributed by atoms with Gasteiger partial charge in [-0.05, 0) is 45.7 Å². The maximum atomic E-state index is 12.8. The molecule has 3 N–H and O–H groups in total. The van der Waals surface area contributed by atoms with Crippen molar-refractivity contribution in [2.24, 2.45) is 17.6 Å². The molecule has 1 heterocycles. The van der Waals surface area contributed by atoms with E-state index in [4.69, 9.17) is 5.73 Å². The molecule has 20 heavy (non-hydrogen) atoms. The van der Waals surface area contributed by atoms with Crippen LogP contribution in [0.3, 0.4) is 0 Å². The van der Waals surface area contributed by atoms with Gasteiger partial charge in [0.05, 0.1) is 12.0 Å². The van der Waals surface area contributed by atoms with Crippen LogP contribution in [0.5, 0.6) is 0 Å². The van der Waals surface area contributed by atoms with E-state index in [0.29, 0.717) is 18.9 Å². The molecular weight excluding hydrogens is 254 g/mol. The molecular formula is C15H29N3O2. The number of aliphatic hydroxyl groups is 1. The van der Waals surface area contributed by atoms with E-state index in [1.807, 2.05) is 19.0 Å². The lowest BCUT2D eigenvalue weighted by Gasteiger charge is -2.36. The van der Waals surface area contributed by atoms with Gasteiger partial charge in [-0.15, -0.1) is 0 Å². The molecule has 5 heteroatoms. The molecule has 5 unspecified atom stereocenters. The number of likely N-dealkylation sites (tertiary alicyclic amines) is 1. The number of nitrogens with two attached hydrogens (primary N) is 1. The third-order valence-electron chi connectivity index (χ3n) is 4.73. The molecule has 1 amide bonds. The summed E-state index contributed by atoms with van der Waals surface area (Å²) < 4.78 is 0. The van der Waals surface area contributed by atoms with Crippen LogP contribution in [0.1, 0.15) is 32.6 Å². The fourth-order valence-electron chi connectivity index (χ4n) is 3.66. The molecule has 0 spiro atoms. The maximum Gasteiger partial charge on any atom is 0.227 e. The smallest absolute Gasteiger partial charge is 0.227 e. The van der Waals surface area contributed by atoms with E-state index < -0.39 is 0 Å². The number of hydrogen-bond acceptors (Lipinski definition) is 4. The Labute approximate surface area is 122 Å². The molecule has 5 nitrogen and oxygen atoms in total. The van der Waals surface area contributed by atoms with Crippen LogP contribution in [-0.2, 0) is 4.79 Å². The number of carbonyl (C=O) groups excluding carboxylic acids is 1. The fraction of sp³-hybridized carbons (Fsp3) is 0.933. The summed E-state index contributed by atoms with van der Waals surface area (Å²) in [5, 5.41) is 9.90. The van der Waals surface area contributed by atoms with Crippen LogP contribution in [0.15, 0.2) is 0 Å². The summed E-state index contributed by atoms with van der Waals surface area (Å²) >= 11 is 0. The summed E-state index contributed by atoms with van der Waals surface area (Å²) in [7, 11) is 4.00. The van der Waals surface area contributed by atoms with Crippen molar-refractivity contribution >= 4 is 5.91 Å². The molecule has 0 aromatic heterocycles. The molecule has 5 atom stereocenters. The highest BCUT2D eigenvalue weighted by Gasteiger charge is 2.40. The SMILES string of the molecule is CC1CCC(N)C(C(=O)N2CC(O)CC2CN(C)C)C1. The standard InChI is InChI=1S/C15H29N3O2/c1-10-4-5-14(16)13(6-10)15(20)18-9-12(19)7-11(18)8-17(2)3/h10-14,19H,4-9,16H2,1-3H3. The zero-order valence-corrected chi connectivity index (χ0v) is 13.0. The lowest BCUT2D eigenvalue weighted by Crippen LogP contribution is -2.50. The van der Waals surface area contributed by atoms with Crippen molar-refractivity contribution in [2.75, 3.05) is 27.2 Å². The van der Waals surface area contributed by atoms with Crippen LogP contribution in [0.4, 0.5) is 0 Å². The van der Waals surface area contributed by atoms with Gasteiger partial charge in [-0.3, -0.25) is 4.79 Å². The van der Waals surface area contributed by atoms with Gasteiger partial charge in [0.2, 0.25) is 5.91 Å². The van der Waals surface area contributed by atoms with Crippen LogP contribution < -0.4 is 5.73 Å². The number of likely N-dealkylation sites (N-methyl/N-ethyl adjacent to an activating group) is 1. The second-order valence-corrected chi connectivity index (χ2v) is 6.98. The summed E-state index contributed by atoms with van der Waals surface area (Å²) in [5.41, 5.74) is 6.17. The van der Waals surface area contributed by atoms with Crippen molar-refractivity contribution in [2.45, 2.75) is 50.8 Å². The normalized spacial score (nSPS) is 38.5. The van der Waals surface area contributed by atoms with E-state index in [-0.39, 0.29) is 30.0 Å². The van der Waals surface area contributed by atoms with Crippen molar-refractivity contribution in [3.8, 4) is 0 Å². The highest BCUT2D eigenvalue weighted by molar-refractivity contribution is 5.80. The highest BCUT2D eigenvalue weighted by atomic mass is 16.3. The van der Waals surface area contributed by atoms with E-state index in [2.05, 4.69) is 11.8 Å². The van der Waals surface area contributed by atoms with Gasteiger partial charge in [0.25, 0.3) is 0 Å². The maximum absolute atomic E-state index is 12.8. The summed E-state index contributed by atoms with van der Waals surface area (Å²) in [6.07, 6.45) is 3.24. The largest absolute Gasteiger partial charge is 0.391 e. The zero-order valence-electron chi connectivity index (χ0n) is 13.0. The van der Waals surface area contributed by atoms with Crippen molar-refractivity contribution in [1.29, 1.82) is 0 Å². The van der Waals surface area contributed by atoms with Gasteiger partial charge < -0.3 is 20.6 Å². The van der Waals surface area contributed by atoms with E-state index in [0.717, 1.165) is 25.8 Å². The van der Waals surface area contributed by atoms with Gasteiger partial charge in [0.1, 0.15) is 0 Å². The molecule has 0 radical (unpaired) electrons. The Hall–Kier alpha value is -0.650. The first kappa shape index (κ1) is 15.7. The van der Waals surface area contributed by atoms with Gasteiger partial charge in [0, 0.05) is 25.2 Å². The lowest BCUT2D eigenvalue weighted by atomic mass is 9.78. The van der Waals surface area contributed by atoms with Gasteiger partial charge >= 0.3 is 0 Å². The van der Waals surface area contributed by atoms with E-state index >= 15 is 0 Å². The molecule has 1 saturated heterocycles. The monoisotopic (exact) mass is 283 g/mol. The molecule has 1 saturated carbocycles. The Morgan fingerprint density at radius 2 is 2.05 bits per heavy atom. The number of amides is 1. The second-order valence-electron chi connectivity index (χ2n) is 6.98. The molecule has 0 aromatic rings. The van der Waals surface area contributed by atoms with Crippen molar-refractivity contribution < 1.29 is 9.90 Å². The molecule has 0 aromatic carbocycles. The molecule has 0 bridgehead atoms. The first-order valence-electron chi connectivity index (χ1n) is 7.77. The fourth-order valence-corrected chi connectivity index (χ4v) is 3.66. The van der Waals surface area contributed by atoms with Crippen molar-refractivity contribution in [3.05, 3.63) is 0 Å². The van der Waals surface area contributed by atoms with Gasteiger partial charge in [-0.1, -0.05) is 6.92 Å². The molecule has 1 aliphatic carbocycles. The van der Waals surface area contributed by atoms with Crippen molar-refractivity contribution in [3.63, 3.8) is 0 Å². The van der Waals surface area contributed by atoms with E-state index in [9.17, 15) is 9.90 Å². The Morgan fingerprint density at radius 3 is 2.70 bits per heavy atom. The predicted octanol–water partition coefficient (Wildman–Crippen LogP) is 0.273. The first-order chi connectivity index (χ1) is 9.38. The van der Waals surface area contributed by atoms with Crippen LogP contribution >= 0.6 is 0 Å². The first-order valence-corrected chi connectivity index (χ1v) is 7.77. The average molecular weight is 283 g/mol. The number of hydrogen-bond donors (Lipinski definition) is 2. The summed E-state index contributed by atoms with van der Waals surface area (Å²) in [6.45, 7) is 3.47. The Kier molecular flexibility index (Phi) is 5.04. The van der Waals surface area contributed by atoms with Crippen LogP contribution in [0.25, 0.3) is 0 Å². The summed E-state index contributed by atoms with van der Waals surface area (Å²) in [5.74, 6) is 0.671. The minimum absolute atomic E-state index is 0.0172. The second kappa shape index (κ2) is 6.41. The van der Waals surface area contributed by atoms with Crippen LogP contribution in [-0.4, -0.2) is 66.2 Å². The number of nitrogens with zero attached hydrogens (tertiary/aromatic N) is 2. The number of rotatable bonds is 3. The van der Waals surface area contributed by atoms with Crippen LogP contribution in [0, 0.1) is 11.8 Å². The zero-order chi connectivity index (χ0) is 14.9. The Balaban J connectivity index is 2.05. The molecule has 2 fully saturated rings. The van der Waals surface area contributed by atoms with Gasteiger partial charge in [-0.2, -0.15) is 0 Å². The molecule has 116 valence electrons. The van der Waals surface area contributed by atoms with Crippen molar-refractivity contribution in [1.82, 2.24) is 9.80 Å². The number of carbonyl (C=O) groups is 1. The van der Waals surface area contributed by atoms with E-state index in [1.165, 1.54) is 0 Å². The number of aliphatic hydroxyl groups excluding tert-OH is 1. The highest BCUT2D eigenvalue weighted by Crippen LogP contribution is 2.31. The minimum atomic E-state index is -0.388. The van der Waals surface area contributed by atoms with E-state index in [1.54, 1.807) is 0 Å². The van der Waals surface area contributed by atoms with Gasteiger partial charge in [0.15, 0.2) is 0 Å². The third-order valence-corrected chi connectivity index (χ3v) is 4.73. The lowest BCUT2D eigenvalue weighted by molar-refractivity contribution is -0.139. The molecule has 2 aliphatic rings. The van der Waals surface area contributed by atoms with Gasteiger partial charge in [-0.25, -0.2) is 0 Å². The summed E-state index contributed by atoms with van der Waals surface area (Å²) in [4.78, 5) is 16.8.